The van der Waals surface area contributed by atoms with Crippen LogP contribution in [0.15, 0.2) is 36.7 Å². The van der Waals surface area contributed by atoms with Crippen LogP contribution < -0.4 is 10.1 Å². The van der Waals surface area contributed by atoms with Gasteiger partial charge in [-0.25, -0.2) is 4.98 Å². The fraction of sp³-hybridized carbons (Fsp3) is 0.389. The number of nitrogens with one attached hydrogen (secondary N) is 1. The van der Waals surface area contributed by atoms with Crippen molar-refractivity contribution in [3.63, 3.8) is 0 Å². The molecule has 1 aliphatic rings. The minimum atomic E-state index is -0.739. The maximum Gasteiger partial charge on any atom is 0.320 e. The molecule has 0 unspecified atom stereocenters. The second-order valence-corrected chi connectivity index (χ2v) is 6.32. The van der Waals surface area contributed by atoms with Gasteiger partial charge >= 0.3 is 6.01 Å². The highest BCUT2D eigenvalue weighted by Crippen LogP contribution is 2.32. The Kier molecular flexibility index (Phi) is 4.88. The Bertz CT molecular complexity index is 917. The van der Waals surface area contributed by atoms with E-state index >= 15 is 0 Å². The third-order valence-corrected chi connectivity index (χ3v) is 4.54. The molecule has 2 aromatic heterocycles. The number of aliphatic hydroxyl groups is 2. The lowest BCUT2D eigenvalue weighted by Crippen LogP contribution is -2.24. The van der Waals surface area contributed by atoms with Crippen LogP contribution in [-0.4, -0.2) is 55.6 Å². The molecular formula is C18H21N5O4. The molecule has 142 valence electrons. The van der Waals surface area contributed by atoms with Crippen molar-refractivity contribution in [1.29, 1.82) is 0 Å². The van der Waals surface area contributed by atoms with Gasteiger partial charge in [0.25, 0.3) is 0 Å². The molecule has 3 N–H and O–H groups in total. The predicted octanol–water partition coefficient (Wildman–Crippen LogP) is 1.09. The minimum Gasteiger partial charge on any atom is -0.458 e. The van der Waals surface area contributed by atoms with Crippen LogP contribution in [0.25, 0.3) is 11.2 Å². The van der Waals surface area contributed by atoms with Crippen LogP contribution in [-0.2, 0) is 11.3 Å². The number of nitrogens with zero attached hydrogens (tertiary/aromatic N) is 4. The normalized spacial score (nSPS) is 22.3. The number of rotatable bonds is 6. The van der Waals surface area contributed by atoms with E-state index in [9.17, 15) is 10.2 Å². The molecule has 0 bridgehead atoms. The van der Waals surface area contributed by atoms with Gasteiger partial charge in [0.2, 0.25) is 0 Å². The maximum absolute atomic E-state index is 10.0. The van der Waals surface area contributed by atoms with Gasteiger partial charge in [-0.2, -0.15) is 9.97 Å². The topological polar surface area (TPSA) is 115 Å². The van der Waals surface area contributed by atoms with Crippen molar-refractivity contribution in [3.05, 3.63) is 42.2 Å². The summed E-state index contributed by atoms with van der Waals surface area (Å²) in [5.74, 6) is 0.541. The molecular weight excluding hydrogens is 350 g/mol. The smallest absolute Gasteiger partial charge is 0.320 e. The van der Waals surface area contributed by atoms with Crippen LogP contribution >= 0.6 is 0 Å². The summed E-state index contributed by atoms with van der Waals surface area (Å²) in [6.07, 6.45) is 0.112. The molecule has 1 saturated heterocycles. The van der Waals surface area contributed by atoms with E-state index in [2.05, 4.69) is 20.3 Å². The first-order valence-corrected chi connectivity index (χ1v) is 8.73. The lowest BCUT2D eigenvalue weighted by molar-refractivity contribution is -0.0432. The van der Waals surface area contributed by atoms with Gasteiger partial charge < -0.3 is 25.0 Å². The SMILES string of the molecule is CNc1nc(OCc2ccccc2)nc2c1ncn2[C@H]1C[C@@H](O)[C@@H](CO)O1. The van der Waals surface area contributed by atoms with Crippen LogP contribution in [0.3, 0.4) is 0 Å². The predicted molar refractivity (Wildman–Crippen MR) is 97.3 cm³/mol. The first-order chi connectivity index (χ1) is 13.2. The van der Waals surface area contributed by atoms with Crippen molar-refractivity contribution < 1.29 is 19.7 Å². The van der Waals surface area contributed by atoms with Crippen LogP contribution in [0, 0.1) is 0 Å². The van der Waals surface area contributed by atoms with E-state index in [1.807, 2.05) is 30.3 Å². The van der Waals surface area contributed by atoms with Gasteiger partial charge in [0.15, 0.2) is 17.0 Å². The number of hydrogen-bond acceptors (Lipinski definition) is 8. The summed E-state index contributed by atoms with van der Waals surface area (Å²) in [6, 6.07) is 9.97. The highest BCUT2D eigenvalue weighted by Gasteiger charge is 2.35. The van der Waals surface area contributed by atoms with E-state index in [0.29, 0.717) is 30.0 Å². The Morgan fingerprint density at radius 1 is 1.30 bits per heavy atom. The zero-order valence-corrected chi connectivity index (χ0v) is 14.8. The molecule has 9 nitrogen and oxygen atoms in total. The lowest BCUT2D eigenvalue weighted by atomic mass is 10.2. The van der Waals surface area contributed by atoms with Crippen LogP contribution in [0.1, 0.15) is 18.2 Å². The molecule has 3 heterocycles. The third-order valence-electron chi connectivity index (χ3n) is 4.54. The Labute approximate surface area is 155 Å². The molecule has 1 aliphatic heterocycles. The Morgan fingerprint density at radius 3 is 2.81 bits per heavy atom. The summed E-state index contributed by atoms with van der Waals surface area (Å²) in [5, 5.41) is 22.3. The van der Waals surface area contributed by atoms with Crippen LogP contribution in [0.5, 0.6) is 6.01 Å². The van der Waals surface area contributed by atoms with Gasteiger partial charge in [0.1, 0.15) is 18.9 Å². The number of aliphatic hydroxyl groups excluding tert-OH is 2. The van der Waals surface area contributed by atoms with E-state index in [4.69, 9.17) is 9.47 Å². The summed E-state index contributed by atoms with van der Waals surface area (Å²) in [4.78, 5) is 13.2. The third kappa shape index (κ3) is 3.44. The Hall–Kier alpha value is -2.75. The number of fused-ring (bicyclic) bond motifs is 1. The van der Waals surface area contributed by atoms with E-state index in [1.165, 1.54) is 0 Å². The molecule has 0 saturated carbocycles. The first-order valence-electron chi connectivity index (χ1n) is 8.73. The van der Waals surface area contributed by atoms with Gasteiger partial charge in [-0.3, -0.25) is 4.57 Å². The van der Waals surface area contributed by atoms with E-state index < -0.39 is 18.4 Å². The minimum absolute atomic E-state index is 0.217. The fourth-order valence-electron chi connectivity index (χ4n) is 3.12. The highest BCUT2D eigenvalue weighted by molar-refractivity contribution is 5.83. The highest BCUT2D eigenvalue weighted by atomic mass is 16.5. The molecule has 4 rings (SSSR count). The van der Waals surface area contributed by atoms with E-state index in [-0.39, 0.29) is 12.6 Å². The summed E-state index contributed by atoms with van der Waals surface area (Å²) in [5.41, 5.74) is 2.12. The lowest BCUT2D eigenvalue weighted by Gasteiger charge is -2.14. The fourth-order valence-corrected chi connectivity index (χ4v) is 3.12. The number of ether oxygens (including phenoxy) is 2. The molecule has 9 heteroatoms. The monoisotopic (exact) mass is 371 g/mol. The Balaban J connectivity index is 1.64. The standard InChI is InChI=1S/C18H21N5O4/c1-19-16-15-17(22-18(21-16)26-9-11-5-3-2-4-6-11)23(10-20-15)14-7-12(25)13(8-24)27-14/h2-6,10,12-14,24-25H,7-9H2,1H3,(H,19,21,22)/t12-,13-,14-/m1/s1. The second-order valence-electron chi connectivity index (χ2n) is 6.32. The molecule has 3 aromatic rings. The average Bonchev–Trinajstić information content (AvgIpc) is 3.29. The zero-order valence-electron chi connectivity index (χ0n) is 14.8. The summed E-state index contributed by atoms with van der Waals surface area (Å²) in [7, 11) is 1.75. The van der Waals surface area contributed by atoms with Crippen molar-refractivity contribution in [2.75, 3.05) is 19.0 Å². The van der Waals surface area contributed by atoms with Gasteiger partial charge in [-0.05, 0) is 5.56 Å². The Morgan fingerprint density at radius 2 is 2.11 bits per heavy atom. The van der Waals surface area contributed by atoms with Crippen molar-refractivity contribution >= 4 is 17.0 Å². The van der Waals surface area contributed by atoms with Gasteiger partial charge in [-0.15, -0.1) is 0 Å². The zero-order chi connectivity index (χ0) is 18.8. The number of imidazole rings is 1. The molecule has 0 radical (unpaired) electrons. The second kappa shape index (κ2) is 7.47. The van der Waals surface area contributed by atoms with Gasteiger partial charge in [-0.1, -0.05) is 30.3 Å². The van der Waals surface area contributed by atoms with Crippen molar-refractivity contribution in [3.8, 4) is 6.01 Å². The molecule has 0 amide bonds. The number of benzene rings is 1. The van der Waals surface area contributed by atoms with Gasteiger partial charge in [0, 0.05) is 13.5 Å². The average molecular weight is 371 g/mol. The maximum atomic E-state index is 10.0. The van der Waals surface area contributed by atoms with Crippen molar-refractivity contribution in [2.45, 2.75) is 31.5 Å². The quantitative estimate of drug-likeness (QED) is 0.590. The number of hydrogen-bond donors (Lipinski definition) is 3. The first kappa shape index (κ1) is 17.7. The number of anilines is 1. The largest absolute Gasteiger partial charge is 0.458 e. The molecule has 0 spiro atoms. The van der Waals surface area contributed by atoms with Crippen LogP contribution in [0.4, 0.5) is 5.82 Å². The van der Waals surface area contributed by atoms with Crippen LogP contribution in [0.2, 0.25) is 0 Å². The summed E-state index contributed by atoms with van der Waals surface area (Å²) in [6.45, 7) is 0.0986. The summed E-state index contributed by atoms with van der Waals surface area (Å²) >= 11 is 0. The molecule has 0 aliphatic carbocycles. The molecule has 27 heavy (non-hydrogen) atoms. The van der Waals surface area contributed by atoms with Crippen molar-refractivity contribution in [2.24, 2.45) is 0 Å². The molecule has 3 atom stereocenters. The number of aromatic nitrogens is 4. The van der Waals surface area contributed by atoms with Gasteiger partial charge in [0.05, 0.1) is 19.0 Å². The molecule has 1 fully saturated rings. The van der Waals surface area contributed by atoms with Crippen molar-refractivity contribution in [1.82, 2.24) is 19.5 Å². The van der Waals surface area contributed by atoms with E-state index in [1.54, 1.807) is 17.9 Å². The summed E-state index contributed by atoms with van der Waals surface area (Å²) < 4.78 is 13.2. The van der Waals surface area contributed by atoms with E-state index in [0.717, 1.165) is 5.56 Å². The molecule has 1 aromatic carbocycles.